The van der Waals surface area contributed by atoms with Gasteiger partial charge in [-0.3, -0.25) is 4.79 Å². The number of morpholine rings is 1. The van der Waals surface area contributed by atoms with Crippen molar-refractivity contribution in [1.82, 2.24) is 9.88 Å². The van der Waals surface area contributed by atoms with Crippen LogP contribution in [0.1, 0.15) is 12.5 Å². The van der Waals surface area contributed by atoms with Gasteiger partial charge < -0.3 is 20.4 Å². The van der Waals surface area contributed by atoms with Crippen LogP contribution in [0.15, 0.2) is 30.5 Å². The minimum Gasteiger partial charge on any atom is -0.373 e. The SMILES string of the molecule is CC(N)C1CN(C(=O)Cc2c[nH]c3ccccc23)CCO1. The number of H-pyrrole nitrogens is 1. The molecule has 1 aromatic carbocycles. The van der Waals surface area contributed by atoms with E-state index >= 15 is 0 Å². The molecule has 3 N–H and O–H groups in total. The number of carbonyl (C=O) groups is 1. The Bertz CT molecular complexity index is 635. The summed E-state index contributed by atoms with van der Waals surface area (Å²) in [5.41, 5.74) is 7.98. The molecule has 2 heterocycles. The highest BCUT2D eigenvalue weighted by Gasteiger charge is 2.26. The molecule has 1 amide bonds. The van der Waals surface area contributed by atoms with E-state index in [-0.39, 0.29) is 18.1 Å². The number of aromatic amines is 1. The van der Waals surface area contributed by atoms with Gasteiger partial charge in [0.1, 0.15) is 0 Å². The molecule has 112 valence electrons. The predicted molar refractivity (Wildman–Crippen MR) is 82.0 cm³/mol. The fourth-order valence-corrected chi connectivity index (χ4v) is 2.77. The number of fused-ring (bicyclic) bond motifs is 1. The molecule has 0 radical (unpaired) electrons. The Morgan fingerprint density at radius 3 is 3.14 bits per heavy atom. The number of ether oxygens (including phenoxy) is 1. The number of rotatable bonds is 3. The maximum atomic E-state index is 12.5. The number of hydrogen-bond donors (Lipinski definition) is 2. The topological polar surface area (TPSA) is 71.3 Å². The minimum atomic E-state index is -0.0642. The van der Waals surface area contributed by atoms with E-state index in [4.69, 9.17) is 10.5 Å². The van der Waals surface area contributed by atoms with E-state index < -0.39 is 0 Å². The second kappa shape index (κ2) is 5.87. The minimum absolute atomic E-state index is 0.0614. The van der Waals surface area contributed by atoms with E-state index in [1.165, 1.54) is 0 Å². The van der Waals surface area contributed by atoms with Crippen LogP contribution < -0.4 is 5.73 Å². The standard InChI is InChI=1S/C16H21N3O2/c1-11(17)15-10-19(6-7-21-15)16(20)8-12-9-18-14-5-3-2-4-13(12)14/h2-5,9,11,15,18H,6-8,10,17H2,1H3. The third kappa shape index (κ3) is 2.94. The molecule has 1 fully saturated rings. The summed E-state index contributed by atoms with van der Waals surface area (Å²) in [6.07, 6.45) is 2.27. The summed E-state index contributed by atoms with van der Waals surface area (Å²) in [7, 11) is 0. The highest BCUT2D eigenvalue weighted by Crippen LogP contribution is 2.19. The van der Waals surface area contributed by atoms with Crippen molar-refractivity contribution in [3.05, 3.63) is 36.0 Å². The van der Waals surface area contributed by atoms with Crippen molar-refractivity contribution < 1.29 is 9.53 Å². The molecule has 2 aromatic rings. The van der Waals surface area contributed by atoms with Crippen molar-refractivity contribution >= 4 is 16.8 Å². The van der Waals surface area contributed by atoms with Gasteiger partial charge in [-0.25, -0.2) is 0 Å². The molecule has 2 atom stereocenters. The Balaban J connectivity index is 1.71. The van der Waals surface area contributed by atoms with Crippen molar-refractivity contribution in [2.24, 2.45) is 5.73 Å². The van der Waals surface area contributed by atoms with E-state index in [1.807, 2.05) is 42.3 Å². The van der Waals surface area contributed by atoms with Crippen LogP contribution >= 0.6 is 0 Å². The van der Waals surface area contributed by atoms with Gasteiger partial charge in [-0.2, -0.15) is 0 Å². The number of amides is 1. The van der Waals surface area contributed by atoms with E-state index in [1.54, 1.807) is 0 Å². The second-order valence-corrected chi connectivity index (χ2v) is 5.64. The van der Waals surface area contributed by atoms with Gasteiger partial charge in [-0.05, 0) is 18.6 Å². The second-order valence-electron chi connectivity index (χ2n) is 5.64. The maximum absolute atomic E-state index is 12.5. The summed E-state index contributed by atoms with van der Waals surface area (Å²) < 4.78 is 5.60. The van der Waals surface area contributed by atoms with Crippen molar-refractivity contribution in [2.75, 3.05) is 19.7 Å². The van der Waals surface area contributed by atoms with Crippen LogP contribution in [0.4, 0.5) is 0 Å². The molecule has 1 aliphatic heterocycles. The van der Waals surface area contributed by atoms with Gasteiger partial charge in [0.25, 0.3) is 0 Å². The number of carbonyl (C=O) groups excluding carboxylic acids is 1. The van der Waals surface area contributed by atoms with Crippen molar-refractivity contribution in [2.45, 2.75) is 25.5 Å². The molecule has 5 nitrogen and oxygen atoms in total. The van der Waals surface area contributed by atoms with Crippen LogP contribution in [0, 0.1) is 0 Å². The molecule has 5 heteroatoms. The van der Waals surface area contributed by atoms with Crippen molar-refractivity contribution in [1.29, 1.82) is 0 Å². The van der Waals surface area contributed by atoms with Gasteiger partial charge in [0.15, 0.2) is 0 Å². The number of nitrogens with one attached hydrogen (secondary N) is 1. The third-order valence-corrected chi connectivity index (χ3v) is 4.05. The number of aromatic nitrogens is 1. The molecule has 0 bridgehead atoms. The van der Waals surface area contributed by atoms with Gasteiger partial charge in [-0.15, -0.1) is 0 Å². The molecule has 2 unspecified atom stereocenters. The van der Waals surface area contributed by atoms with Crippen LogP contribution in [-0.2, 0) is 16.0 Å². The average molecular weight is 287 g/mol. The third-order valence-electron chi connectivity index (χ3n) is 4.05. The van der Waals surface area contributed by atoms with Crippen LogP contribution in [0.25, 0.3) is 10.9 Å². The van der Waals surface area contributed by atoms with Crippen molar-refractivity contribution in [3.8, 4) is 0 Å². The molecule has 1 saturated heterocycles. The van der Waals surface area contributed by atoms with E-state index in [9.17, 15) is 4.79 Å². The first-order valence-electron chi connectivity index (χ1n) is 7.35. The number of benzene rings is 1. The zero-order chi connectivity index (χ0) is 14.8. The zero-order valence-corrected chi connectivity index (χ0v) is 12.2. The van der Waals surface area contributed by atoms with E-state index in [2.05, 4.69) is 4.98 Å². The molecule has 0 saturated carbocycles. The molecule has 1 aliphatic rings. The molecular weight excluding hydrogens is 266 g/mol. The Hall–Kier alpha value is -1.85. The quantitative estimate of drug-likeness (QED) is 0.893. The Morgan fingerprint density at radius 1 is 1.52 bits per heavy atom. The molecule has 3 rings (SSSR count). The van der Waals surface area contributed by atoms with Crippen LogP contribution in [-0.4, -0.2) is 47.6 Å². The summed E-state index contributed by atoms with van der Waals surface area (Å²) in [5.74, 6) is 0.133. The van der Waals surface area contributed by atoms with Crippen LogP contribution in [0.2, 0.25) is 0 Å². The molecule has 0 aliphatic carbocycles. The van der Waals surface area contributed by atoms with Gasteiger partial charge in [-0.1, -0.05) is 18.2 Å². The average Bonchev–Trinajstić information content (AvgIpc) is 2.91. The molecular formula is C16H21N3O2. The molecule has 21 heavy (non-hydrogen) atoms. The van der Waals surface area contributed by atoms with Gasteiger partial charge in [0.05, 0.1) is 19.1 Å². The summed E-state index contributed by atoms with van der Waals surface area (Å²) in [5, 5.41) is 1.11. The number of hydrogen-bond acceptors (Lipinski definition) is 3. The lowest BCUT2D eigenvalue weighted by Crippen LogP contribution is -2.51. The number of para-hydroxylation sites is 1. The van der Waals surface area contributed by atoms with Crippen LogP contribution in [0.5, 0.6) is 0 Å². The fraction of sp³-hybridized carbons (Fsp3) is 0.438. The van der Waals surface area contributed by atoms with Gasteiger partial charge >= 0.3 is 0 Å². The highest BCUT2D eigenvalue weighted by atomic mass is 16.5. The Morgan fingerprint density at radius 2 is 2.33 bits per heavy atom. The first-order valence-corrected chi connectivity index (χ1v) is 7.35. The highest BCUT2D eigenvalue weighted by molar-refractivity contribution is 5.88. The van der Waals surface area contributed by atoms with Crippen LogP contribution in [0.3, 0.4) is 0 Å². The van der Waals surface area contributed by atoms with Gasteiger partial charge in [0.2, 0.25) is 5.91 Å². The first kappa shape index (κ1) is 14.1. The first-order chi connectivity index (χ1) is 10.1. The number of nitrogens with two attached hydrogens (primary N) is 1. The molecule has 1 aromatic heterocycles. The zero-order valence-electron chi connectivity index (χ0n) is 12.2. The summed E-state index contributed by atoms with van der Waals surface area (Å²) >= 11 is 0. The van der Waals surface area contributed by atoms with E-state index in [0.29, 0.717) is 26.1 Å². The Labute approximate surface area is 124 Å². The largest absolute Gasteiger partial charge is 0.373 e. The lowest BCUT2D eigenvalue weighted by molar-refractivity contribution is -0.138. The van der Waals surface area contributed by atoms with Gasteiger partial charge in [0, 0.05) is 36.2 Å². The fourth-order valence-electron chi connectivity index (χ4n) is 2.77. The predicted octanol–water partition coefficient (Wildman–Crippen LogP) is 1.28. The lowest BCUT2D eigenvalue weighted by atomic mass is 10.1. The summed E-state index contributed by atoms with van der Waals surface area (Å²) in [6, 6.07) is 7.97. The smallest absolute Gasteiger partial charge is 0.227 e. The lowest BCUT2D eigenvalue weighted by Gasteiger charge is -2.34. The summed E-state index contributed by atoms with van der Waals surface area (Å²) in [6.45, 7) is 3.70. The summed E-state index contributed by atoms with van der Waals surface area (Å²) in [4.78, 5) is 17.6. The number of nitrogens with zero attached hydrogens (tertiary/aromatic N) is 1. The van der Waals surface area contributed by atoms with Crippen molar-refractivity contribution in [3.63, 3.8) is 0 Å². The maximum Gasteiger partial charge on any atom is 0.227 e. The Kier molecular flexibility index (Phi) is 3.94. The molecule has 0 spiro atoms. The normalized spacial score (nSPS) is 20.7. The monoisotopic (exact) mass is 287 g/mol. The van der Waals surface area contributed by atoms with E-state index in [0.717, 1.165) is 16.5 Å².